The third kappa shape index (κ3) is 3.32. The molecule has 7 nitrogen and oxygen atoms in total. The maximum atomic E-state index is 12.5. The molecule has 2 aromatic rings. The average molecular weight is 321 g/mol. The molecule has 0 saturated heterocycles. The molecule has 0 radical (unpaired) electrons. The number of H-pyrrole nitrogens is 1. The molecule has 0 fully saturated rings. The van der Waals surface area contributed by atoms with E-state index in [4.69, 9.17) is 5.26 Å². The summed E-state index contributed by atoms with van der Waals surface area (Å²) in [7, 11) is 0. The largest absolute Gasteiger partial charge is 0.434 e. The van der Waals surface area contributed by atoms with Crippen molar-refractivity contribution >= 4 is 5.69 Å². The topological polar surface area (TPSA) is 109 Å². The average Bonchev–Trinajstić information content (AvgIpc) is 2.46. The standard InChI is InChI=1S/C14H9F2N3O4/c1-7-4-9(11(6-17)13(20)18-7)10-5-8(19(21)22)2-3-12(10)23-14(15)16/h2-5,14H,1H3,(H,18,20). The lowest BCUT2D eigenvalue weighted by Gasteiger charge is -2.12. The molecule has 0 spiro atoms. The van der Waals surface area contributed by atoms with Crippen molar-refractivity contribution in [1.29, 1.82) is 5.26 Å². The number of nitriles is 1. The zero-order valence-corrected chi connectivity index (χ0v) is 11.7. The normalized spacial score (nSPS) is 10.4. The number of nitro benzene ring substituents is 1. The summed E-state index contributed by atoms with van der Waals surface area (Å²) in [6, 6.07) is 5.99. The Morgan fingerprint density at radius 2 is 2.04 bits per heavy atom. The maximum Gasteiger partial charge on any atom is 0.387 e. The fraction of sp³-hybridized carbons (Fsp3) is 0.143. The number of aromatic nitrogens is 1. The molecule has 0 aliphatic carbocycles. The van der Waals surface area contributed by atoms with E-state index < -0.39 is 17.1 Å². The molecule has 9 heteroatoms. The van der Waals surface area contributed by atoms with Crippen molar-refractivity contribution in [3.8, 4) is 22.9 Å². The number of aryl methyl sites for hydroxylation is 1. The van der Waals surface area contributed by atoms with Crippen LogP contribution in [0.25, 0.3) is 11.1 Å². The van der Waals surface area contributed by atoms with Crippen LogP contribution in [0.3, 0.4) is 0 Å². The fourth-order valence-electron chi connectivity index (χ4n) is 2.05. The van der Waals surface area contributed by atoms with Crippen LogP contribution in [0.4, 0.5) is 14.5 Å². The van der Waals surface area contributed by atoms with Crippen molar-refractivity contribution < 1.29 is 18.4 Å². The van der Waals surface area contributed by atoms with Gasteiger partial charge in [0, 0.05) is 29.0 Å². The minimum absolute atomic E-state index is 0.0203. The molecule has 0 aliphatic heterocycles. The highest BCUT2D eigenvalue weighted by Gasteiger charge is 2.20. The maximum absolute atomic E-state index is 12.5. The van der Waals surface area contributed by atoms with E-state index in [1.165, 1.54) is 13.0 Å². The summed E-state index contributed by atoms with van der Waals surface area (Å²) in [4.78, 5) is 24.4. The molecule has 1 N–H and O–H groups in total. The Bertz CT molecular complexity index is 871. The molecule has 0 amide bonds. The van der Waals surface area contributed by atoms with E-state index in [0.29, 0.717) is 5.69 Å². The van der Waals surface area contributed by atoms with E-state index in [2.05, 4.69) is 9.72 Å². The van der Waals surface area contributed by atoms with Crippen LogP contribution < -0.4 is 10.3 Å². The number of hydrogen-bond acceptors (Lipinski definition) is 5. The predicted octanol–water partition coefficient (Wildman–Crippen LogP) is 2.73. The number of non-ortho nitro benzene ring substituents is 1. The molecule has 23 heavy (non-hydrogen) atoms. The van der Waals surface area contributed by atoms with Crippen LogP contribution in [-0.2, 0) is 0 Å². The highest BCUT2D eigenvalue weighted by atomic mass is 19.3. The van der Waals surface area contributed by atoms with Gasteiger partial charge < -0.3 is 9.72 Å². The van der Waals surface area contributed by atoms with Gasteiger partial charge in [-0.3, -0.25) is 14.9 Å². The Morgan fingerprint density at radius 1 is 1.35 bits per heavy atom. The number of nitrogens with zero attached hydrogens (tertiary/aromatic N) is 2. The lowest BCUT2D eigenvalue weighted by Crippen LogP contribution is -2.13. The van der Waals surface area contributed by atoms with Crippen LogP contribution in [0.5, 0.6) is 5.75 Å². The van der Waals surface area contributed by atoms with Crippen molar-refractivity contribution in [3.63, 3.8) is 0 Å². The Morgan fingerprint density at radius 3 is 2.61 bits per heavy atom. The molecule has 1 aromatic carbocycles. The second kappa shape index (κ2) is 6.23. The van der Waals surface area contributed by atoms with Crippen LogP contribution in [0.1, 0.15) is 11.3 Å². The Labute approximate surface area is 127 Å². The zero-order chi connectivity index (χ0) is 17.1. The fourth-order valence-corrected chi connectivity index (χ4v) is 2.05. The first-order valence-corrected chi connectivity index (χ1v) is 6.21. The third-order valence-electron chi connectivity index (χ3n) is 2.96. The van der Waals surface area contributed by atoms with E-state index in [-0.39, 0.29) is 28.1 Å². The molecular weight excluding hydrogens is 312 g/mol. The SMILES string of the molecule is Cc1cc(-c2cc([N+](=O)[O-])ccc2OC(F)F)c(C#N)c(=O)[nH]1. The number of nitro groups is 1. The molecule has 118 valence electrons. The van der Waals surface area contributed by atoms with Gasteiger partial charge in [0.15, 0.2) is 0 Å². The number of alkyl halides is 2. The number of nitrogens with one attached hydrogen (secondary N) is 1. The van der Waals surface area contributed by atoms with Gasteiger partial charge in [-0.15, -0.1) is 0 Å². The molecule has 0 aliphatic rings. The van der Waals surface area contributed by atoms with Crippen LogP contribution >= 0.6 is 0 Å². The zero-order valence-electron chi connectivity index (χ0n) is 11.7. The van der Waals surface area contributed by atoms with E-state index in [1.54, 1.807) is 6.07 Å². The molecule has 0 bridgehead atoms. The Hall–Kier alpha value is -3.28. The van der Waals surface area contributed by atoms with Gasteiger partial charge in [0.25, 0.3) is 11.2 Å². The van der Waals surface area contributed by atoms with Crippen LogP contribution in [0.15, 0.2) is 29.1 Å². The number of rotatable bonds is 4. The van der Waals surface area contributed by atoms with Crippen molar-refractivity contribution in [2.24, 2.45) is 0 Å². The molecule has 0 saturated carbocycles. The van der Waals surface area contributed by atoms with Gasteiger partial charge in [-0.05, 0) is 19.1 Å². The highest BCUT2D eigenvalue weighted by molar-refractivity contribution is 5.77. The van der Waals surface area contributed by atoms with Gasteiger partial charge in [0.2, 0.25) is 0 Å². The van der Waals surface area contributed by atoms with Crippen molar-refractivity contribution in [2.75, 3.05) is 0 Å². The van der Waals surface area contributed by atoms with E-state index in [0.717, 1.165) is 18.2 Å². The first kappa shape index (κ1) is 16.1. The molecular formula is C14H9F2N3O4. The first-order chi connectivity index (χ1) is 10.8. The Kier molecular flexibility index (Phi) is 4.36. The summed E-state index contributed by atoms with van der Waals surface area (Å²) < 4.78 is 29.4. The summed E-state index contributed by atoms with van der Waals surface area (Å²) in [5.41, 5.74) is -1.26. The van der Waals surface area contributed by atoms with Crippen LogP contribution in [0, 0.1) is 28.4 Å². The highest BCUT2D eigenvalue weighted by Crippen LogP contribution is 2.35. The summed E-state index contributed by atoms with van der Waals surface area (Å²) in [6.07, 6.45) is 0. The summed E-state index contributed by atoms with van der Waals surface area (Å²) >= 11 is 0. The molecule has 0 unspecified atom stereocenters. The van der Waals surface area contributed by atoms with Gasteiger partial charge in [-0.25, -0.2) is 0 Å². The lowest BCUT2D eigenvalue weighted by atomic mass is 9.99. The quantitative estimate of drug-likeness (QED) is 0.688. The predicted molar refractivity (Wildman–Crippen MR) is 75.2 cm³/mol. The van der Waals surface area contributed by atoms with Gasteiger partial charge in [-0.1, -0.05) is 0 Å². The van der Waals surface area contributed by atoms with Gasteiger partial charge >= 0.3 is 6.61 Å². The molecule has 0 atom stereocenters. The molecule has 2 rings (SSSR count). The van der Waals surface area contributed by atoms with Gasteiger partial charge in [0.05, 0.1) is 4.92 Å². The molecule has 1 heterocycles. The number of aromatic amines is 1. The number of ether oxygens (including phenoxy) is 1. The van der Waals surface area contributed by atoms with Gasteiger partial charge in [0.1, 0.15) is 17.4 Å². The number of hydrogen-bond donors (Lipinski definition) is 1. The van der Waals surface area contributed by atoms with Crippen molar-refractivity contribution in [1.82, 2.24) is 4.98 Å². The second-order valence-corrected chi connectivity index (χ2v) is 4.50. The smallest absolute Gasteiger partial charge is 0.387 e. The molecule has 1 aromatic heterocycles. The number of halogens is 2. The number of pyridine rings is 1. The first-order valence-electron chi connectivity index (χ1n) is 6.21. The Balaban J connectivity index is 2.80. The lowest BCUT2D eigenvalue weighted by molar-refractivity contribution is -0.384. The summed E-state index contributed by atoms with van der Waals surface area (Å²) in [5.74, 6) is -0.368. The summed E-state index contributed by atoms with van der Waals surface area (Å²) in [6.45, 7) is -1.64. The minimum Gasteiger partial charge on any atom is -0.434 e. The monoisotopic (exact) mass is 321 g/mol. The second-order valence-electron chi connectivity index (χ2n) is 4.50. The van der Waals surface area contributed by atoms with E-state index in [9.17, 15) is 23.7 Å². The minimum atomic E-state index is -3.16. The van der Waals surface area contributed by atoms with Crippen molar-refractivity contribution in [3.05, 3.63) is 56.0 Å². The third-order valence-corrected chi connectivity index (χ3v) is 2.96. The number of benzene rings is 1. The summed E-state index contributed by atoms with van der Waals surface area (Å²) in [5, 5.41) is 20.0. The van der Waals surface area contributed by atoms with Crippen LogP contribution in [-0.4, -0.2) is 16.5 Å². The van der Waals surface area contributed by atoms with Crippen molar-refractivity contribution in [2.45, 2.75) is 13.5 Å². The van der Waals surface area contributed by atoms with E-state index in [1.807, 2.05) is 0 Å². The van der Waals surface area contributed by atoms with E-state index >= 15 is 0 Å². The van der Waals surface area contributed by atoms with Crippen LogP contribution in [0.2, 0.25) is 0 Å². The van der Waals surface area contributed by atoms with Gasteiger partial charge in [-0.2, -0.15) is 14.0 Å².